The van der Waals surface area contributed by atoms with Gasteiger partial charge in [-0.25, -0.2) is 28.3 Å². The van der Waals surface area contributed by atoms with Crippen LogP contribution in [0, 0.1) is 6.92 Å². The van der Waals surface area contributed by atoms with Crippen molar-refractivity contribution in [3.63, 3.8) is 0 Å². The van der Waals surface area contributed by atoms with E-state index >= 15 is 0 Å². The summed E-state index contributed by atoms with van der Waals surface area (Å²) in [6.07, 6.45) is 0. The first-order valence-electron chi connectivity index (χ1n) is 3.81. The van der Waals surface area contributed by atoms with Crippen molar-refractivity contribution >= 4 is 16.0 Å². The summed E-state index contributed by atoms with van der Waals surface area (Å²) >= 11 is 0. The molecule has 0 saturated carbocycles. The van der Waals surface area contributed by atoms with Crippen molar-refractivity contribution in [3.8, 4) is 0 Å². The van der Waals surface area contributed by atoms with Crippen LogP contribution in [0.15, 0.2) is 11.1 Å². The Morgan fingerprint density at radius 3 is 2.53 bits per heavy atom. The minimum absolute atomic E-state index is 0.314. The lowest BCUT2D eigenvalue weighted by atomic mass is 10.4. The molecule has 7 nitrogen and oxygen atoms in total. The third kappa shape index (κ3) is 2.70. The van der Waals surface area contributed by atoms with Gasteiger partial charge in [-0.3, -0.25) is 0 Å². The van der Waals surface area contributed by atoms with Crippen LogP contribution >= 0.6 is 0 Å². The number of hydrogen-bond donors (Lipinski definition) is 1. The monoisotopic (exact) mass is 231 g/mol. The van der Waals surface area contributed by atoms with Gasteiger partial charge >= 0.3 is 5.97 Å². The van der Waals surface area contributed by atoms with E-state index in [4.69, 9.17) is 5.14 Å². The van der Waals surface area contributed by atoms with Crippen LogP contribution in [-0.2, 0) is 14.8 Å². The standard InChI is InChI=1S/C7H9N3O4S/c1-4-3-5(15(8,12)13)10-6(9-4)7(11)14-2/h3H,1-2H3,(H2,8,12,13). The summed E-state index contributed by atoms with van der Waals surface area (Å²) in [6.45, 7) is 1.52. The van der Waals surface area contributed by atoms with Crippen molar-refractivity contribution in [3.05, 3.63) is 17.6 Å². The van der Waals surface area contributed by atoms with E-state index in [-0.39, 0.29) is 5.82 Å². The number of carbonyl (C=O) groups is 1. The third-order valence-electron chi connectivity index (χ3n) is 1.49. The number of ether oxygens (including phenoxy) is 1. The summed E-state index contributed by atoms with van der Waals surface area (Å²) in [6, 6.07) is 1.17. The van der Waals surface area contributed by atoms with E-state index < -0.39 is 21.0 Å². The van der Waals surface area contributed by atoms with Crippen LogP contribution in [0.4, 0.5) is 0 Å². The Balaban J connectivity index is 3.35. The second-order valence-electron chi connectivity index (χ2n) is 2.71. The molecule has 0 amide bonds. The molecule has 82 valence electrons. The molecule has 1 rings (SSSR count). The van der Waals surface area contributed by atoms with E-state index in [1.54, 1.807) is 0 Å². The number of sulfonamides is 1. The maximum Gasteiger partial charge on any atom is 0.376 e. The lowest BCUT2D eigenvalue weighted by Crippen LogP contribution is -2.18. The van der Waals surface area contributed by atoms with Crippen molar-refractivity contribution in [2.45, 2.75) is 11.9 Å². The predicted molar refractivity (Wildman–Crippen MR) is 49.5 cm³/mol. The second kappa shape index (κ2) is 3.91. The molecule has 15 heavy (non-hydrogen) atoms. The molecule has 0 aromatic carbocycles. The molecular formula is C7H9N3O4S. The van der Waals surface area contributed by atoms with Crippen molar-refractivity contribution in [1.82, 2.24) is 9.97 Å². The summed E-state index contributed by atoms with van der Waals surface area (Å²) in [4.78, 5) is 18.3. The number of aromatic nitrogens is 2. The number of methoxy groups -OCH3 is 1. The van der Waals surface area contributed by atoms with Gasteiger partial charge < -0.3 is 4.74 Å². The first-order valence-corrected chi connectivity index (χ1v) is 5.36. The number of nitrogens with zero attached hydrogens (tertiary/aromatic N) is 2. The molecule has 0 aliphatic rings. The molecule has 0 aliphatic heterocycles. The summed E-state index contributed by atoms with van der Waals surface area (Å²) in [5.41, 5.74) is 0.314. The van der Waals surface area contributed by atoms with Gasteiger partial charge in [-0.1, -0.05) is 0 Å². The van der Waals surface area contributed by atoms with Crippen molar-refractivity contribution < 1.29 is 17.9 Å². The first kappa shape index (κ1) is 11.5. The van der Waals surface area contributed by atoms with E-state index in [1.165, 1.54) is 13.0 Å². The Morgan fingerprint density at radius 2 is 2.07 bits per heavy atom. The average molecular weight is 231 g/mol. The fraction of sp³-hybridized carbons (Fsp3) is 0.286. The zero-order valence-electron chi connectivity index (χ0n) is 8.09. The highest BCUT2D eigenvalue weighted by atomic mass is 32.2. The summed E-state index contributed by atoms with van der Waals surface area (Å²) < 4.78 is 26.3. The van der Waals surface area contributed by atoms with E-state index in [1.807, 2.05) is 0 Å². The zero-order valence-corrected chi connectivity index (χ0v) is 8.91. The molecule has 8 heteroatoms. The van der Waals surface area contributed by atoms with Crippen LogP contribution in [0.5, 0.6) is 0 Å². The molecule has 0 atom stereocenters. The molecule has 1 aromatic heterocycles. The highest BCUT2D eigenvalue weighted by Gasteiger charge is 2.16. The van der Waals surface area contributed by atoms with Crippen molar-refractivity contribution in [2.75, 3.05) is 7.11 Å². The number of aryl methyl sites for hydroxylation is 1. The molecule has 0 saturated heterocycles. The van der Waals surface area contributed by atoms with E-state index in [9.17, 15) is 13.2 Å². The zero-order chi connectivity index (χ0) is 11.6. The summed E-state index contributed by atoms with van der Waals surface area (Å²) in [5.74, 6) is -1.15. The Bertz CT molecular complexity index is 497. The highest BCUT2D eigenvalue weighted by molar-refractivity contribution is 7.89. The largest absolute Gasteiger partial charge is 0.463 e. The molecule has 0 aliphatic carbocycles. The molecule has 1 aromatic rings. The van der Waals surface area contributed by atoms with Gasteiger partial charge in [-0.05, 0) is 13.0 Å². The van der Waals surface area contributed by atoms with Crippen LogP contribution in [0.1, 0.15) is 16.3 Å². The fourth-order valence-corrected chi connectivity index (χ4v) is 1.42. The molecule has 0 bridgehead atoms. The van der Waals surface area contributed by atoms with Gasteiger partial charge in [0.1, 0.15) is 0 Å². The van der Waals surface area contributed by atoms with Gasteiger partial charge in [-0.2, -0.15) is 0 Å². The Labute approximate surface area is 86.3 Å². The molecule has 1 heterocycles. The second-order valence-corrected chi connectivity index (χ2v) is 4.22. The van der Waals surface area contributed by atoms with Gasteiger partial charge in [0.15, 0.2) is 5.03 Å². The molecule has 0 unspecified atom stereocenters. The smallest absolute Gasteiger partial charge is 0.376 e. The van der Waals surface area contributed by atoms with Crippen molar-refractivity contribution in [1.29, 1.82) is 0 Å². The SMILES string of the molecule is COC(=O)c1nc(C)cc(S(N)(=O)=O)n1. The minimum Gasteiger partial charge on any atom is -0.463 e. The number of nitrogens with two attached hydrogens (primary N) is 1. The normalized spacial score (nSPS) is 11.1. The van der Waals surface area contributed by atoms with Crippen LogP contribution in [0.2, 0.25) is 0 Å². The first-order chi connectivity index (χ1) is 6.84. The number of rotatable bonds is 2. The lowest BCUT2D eigenvalue weighted by Gasteiger charge is -2.02. The number of carbonyl (C=O) groups excluding carboxylic acids is 1. The highest BCUT2D eigenvalue weighted by Crippen LogP contribution is 2.06. The van der Waals surface area contributed by atoms with Crippen LogP contribution < -0.4 is 5.14 Å². The minimum atomic E-state index is -3.95. The van der Waals surface area contributed by atoms with Gasteiger partial charge in [0, 0.05) is 5.69 Å². The van der Waals surface area contributed by atoms with E-state index in [2.05, 4.69) is 14.7 Å². The number of primary sulfonamides is 1. The van der Waals surface area contributed by atoms with E-state index in [0.717, 1.165) is 7.11 Å². The van der Waals surface area contributed by atoms with Crippen molar-refractivity contribution in [2.24, 2.45) is 5.14 Å². The molecule has 2 N–H and O–H groups in total. The van der Waals surface area contributed by atoms with Gasteiger partial charge in [-0.15, -0.1) is 0 Å². The third-order valence-corrected chi connectivity index (χ3v) is 2.28. The lowest BCUT2D eigenvalue weighted by molar-refractivity contribution is 0.0585. The average Bonchev–Trinajstić information content (AvgIpc) is 2.14. The molecular weight excluding hydrogens is 222 g/mol. The number of esters is 1. The Kier molecular flexibility index (Phi) is 3.01. The van der Waals surface area contributed by atoms with Gasteiger partial charge in [0.2, 0.25) is 5.82 Å². The summed E-state index contributed by atoms with van der Waals surface area (Å²) in [5, 5.41) is 4.46. The Morgan fingerprint density at radius 1 is 1.47 bits per heavy atom. The van der Waals surface area contributed by atoms with E-state index in [0.29, 0.717) is 5.69 Å². The van der Waals surface area contributed by atoms with Crippen LogP contribution in [0.3, 0.4) is 0 Å². The molecule has 0 radical (unpaired) electrons. The predicted octanol–water partition coefficient (Wildman–Crippen LogP) is -0.781. The number of hydrogen-bond acceptors (Lipinski definition) is 6. The van der Waals surface area contributed by atoms with Gasteiger partial charge in [0.25, 0.3) is 10.0 Å². The van der Waals surface area contributed by atoms with Crippen LogP contribution in [-0.4, -0.2) is 31.5 Å². The summed E-state index contributed by atoms with van der Waals surface area (Å²) in [7, 11) is -2.80. The topological polar surface area (TPSA) is 112 Å². The fourth-order valence-electron chi connectivity index (χ4n) is 0.868. The maximum atomic E-state index is 11.1. The van der Waals surface area contributed by atoms with Gasteiger partial charge in [0.05, 0.1) is 7.11 Å². The maximum absolute atomic E-state index is 11.1. The van der Waals surface area contributed by atoms with Crippen LogP contribution in [0.25, 0.3) is 0 Å². The molecule has 0 fully saturated rings. The molecule has 0 spiro atoms. The Hall–Kier alpha value is -1.54. The quantitative estimate of drug-likeness (QED) is 0.527.